The molecule has 0 fully saturated rings. The Morgan fingerprint density at radius 2 is 0.946 bits per heavy atom. The van der Waals surface area contributed by atoms with Gasteiger partial charge in [-0.1, -0.05) is 137 Å². The molecule has 0 saturated carbocycles. The Labute approximate surface area is 331 Å². The van der Waals surface area contributed by atoms with Gasteiger partial charge in [0.05, 0.1) is 11.0 Å². The fraction of sp³-hybridized carbons (Fsp3) is 0.111. The highest BCUT2D eigenvalue weighted by atomic mass is 32.1. The summed E-state index contributed by atoms with van der Waals surface area (Å²) in [5, 5.41) is 5.26. The van der Waals surface area contributed by atoms with E-state index < -0.39 is 0 Å². The first kappa shape index (κ1) is 32.1. The second-order valence-corrected chi connectivity index (χ2v) is 18.0. The van der Waals surface area contributed by atoms with Crippen molar-refractivity contribution in [1.29, 1.82) is 0 Å². The number of fused-ring (bicyclic) bond motifs is 13. The van der Waals surface area contributed by atoms with E-state index in [2.05, 4.69) is 196 Å². The van der Waals surface area contributed by atoms with E-state index in [4.69, 9.17) is 0 Å². The van der Waals surface area contributed by atoms with Gasteiger partial charge in [-0.3, -0.25) is 0 Å². The zero-order valence-electron chi connectivity index (χ0n) is 31.9. The molecule has 0 atom stereocenters. The lowest BCUT2D eigenvalue weighted by molar-refractivity contribution is 0.660. The highest BCUT2D eigenvalue weighted by Crippen LogP contribution is 2.55. The van der Waals surface area contributed by atoms with Crippen LogP contribution in [0.25, 0.3) is 92.2 Å². The quantitative estimate of drug-likeness (QED) is 0.170. The molecule has 12 rings (SSSR count). The molecule has 2 aromatic heterocycles. The molecule has 0 unspecified atom stereocenters. The van der Waals surface area contributed by atoms with Crippen molar-refractivity contribution >= 4 is 53.3 Å². The Morgan fingerprint density at radius 3 is 1.68 bits per heavy atom. The number of nitrogens with zero attached hydrogens (tertiary/aromatic N) is 1. The Morgan fingerprint density at radius 1 is 0.393 bits per heavy atom. The minimum absolute atomic E-state index is 0.0417. The van der Waals surface area contributed by atoms with Gasteiger partial charge in [-0.15, -0.1) is 11.3 Å². The molecular weight excluding hydrogens is 695 g/mol. The molecule has 0 radical (unpaired) electrons. The molecule has 2 aliphatic carbocycles. The average molecular weight is 734 g/mol. The highest BCUT2D eigenvalue weighted by Gasteiger charge is 2.38. The summed E-state index contributed by atoms with van der Waals surface area (Å²) in [5.41, 5.74) is 19.6. The normalized spacial score (nSPS) is 14.7. The molecule has 0 saturated heterocycles. The van der Waals surface area contributed by atoms with Gasteiger partial charge in [0.15, 0.2) is 0 Å². The van der Waals surface area contributed by atoms with Crippen LogP contribution in [0.2, 0.25) is 0 Å². The number of rotatable bonds is 3. The van der Waals surface area contributed by atoms with E-state index in [9.17, 15) is 0 Å². The van der Waals surface area contributed by atoms with Gasteiger partial charge in [0.1, 0.15) is 0 Å². The SMILES string of the molecule is CC1(C)c2ccccc2-c2ccc(-c3ccc4c(c3)c3cc(-c5ccc6c(c5)C(C)(C)c5ccc7c(sc8ccccc87)c5-6)ccc3n4-c3ccccc3)cc21. The van der Waals surface area contributed by atoms with Crippen LogP contribution in [-0.2, 0) is 10.8 Å². The molecule has 0 bridgehead atoms. The molecule has 0 aliphatic heterocycles. The van der Waals surface area contributed by atoms with Crippen LogP contribution in [0.3, 0.4) is 0 Å². The van der Waals surface area contributed by atoms with Crippen LogP contribution in [0.4, 0.5) is 0 Å². The zero-order valence-corrected chi connectivity index (χ0v) is 32.8. The van der Waals surface area contributed by atoms with Crippen LogP contribution < -0.4 is 0 Å². The molecule has 8 aromatic carbocycles. The first-order chi connectivity index (χ1) is 27.3. The third kappa shape index (κ3) is 4.25. The molecule has 10 aromatic rings. The van der Waals surface area contributed by atoms with Crippen LogP contribution in [0.15, 0.2) is 164 Å². The molecule has 56 heavy (non-hydrogen) atoms. The molecule has 2 aliphatic rings. The maximum atomic E-state index is 2.47. The van der Waals surface area contributed by atoms with Crippen LogP contribution in [0, 0.1) is 0 Å². The highest BCUT2D eigenvalue weighted by molar-refractivity contribution is 7.26. The summed E-state index contributed by atoms with van der Waals surface area (Å²) < 4.78 is 5.19. The van der Waals surface area contributed by atoms with Gasteiger partial charge in [-0.2, -0.15) is 0 Å². The number of hydrogen-bond acceptors (Lipinski definition) is 1. The topological polar surface area (TPSA) is 4.93 Å². The minimum Gasteiger partial charge on any atom is -0.309 e. The van der Waals surface area contributed by atoms with Crippen molar-refractivity contribution in [3.63, 3.8) is 0 Å². The summed E-state index contributed by atoms with van der Waals surface area (Å²) in [6.07, 6.45) is 0. The standard InChI is InChI=1S/C54H39NS/c1-53(2)44-16-10-8-14-37(44)38-22-18-34(30-46(38)53)32-20-26-48-42(28-32)43-29-33(21-27-49(43)55(48)36-12-6-5-7-13-36)35-19-23-41-47(31-35)54(3,4)45-25-24-40-39-15-9-11-17-50(39)56-52(40)51(41)45/h5-31H,1-4H3. The van der Waals surface area contributed by atoms with Crippen molar-refractivity contribution in [2.45, 2.75) is 38.5 Å². The number of benzene rings is 8. The molecule has 1 nitrogen and oxygen atoms in total. The second kappa shape index (κ2) is 11.2. The Kier molecular flexibility index (Phi) is 6.40. The summed E-state index contributed by atoms with van der Waals surface area (Å²) in [7, 11) is 0. The second-order valence-electron chi connectivity index (χ2n) is 16.9. The molecule has 0 amide bonds. The fourth-order valence-corrected chi connectivity index (χ4v) is 11.6. The smallest absolute Gasteiger partial charge is 0.0541 e. The van der Waals surface area contributed by atoms with Gasteiger partial charge in [-0.25, -0.2) is 0 Å². The lowest BCUT2D eigenvalue weighted by atomic mass is 9.81. The van der Waals surface area contributed by atoms with Gasteiger partial charge < -0.3 is 4.57 Å². The van der Waals surface area contributed by atoms with E-state index in [1.807, 2.05) is 11.3 Å². The predicted molar refractivity (Wildman–Crippen MR) is 240 cm³/mol. The lowest BCUT2D eigenvalue weighted by Gasteiger charge is -2.22. The van der Waals surface area contributed by atoms with Crippen molar-refractivity contribution < 1.29 is 0 Å². The molecule has 266 valence electrons. The van der Waals surface area contributed by atoms with Crippen molar-refractivity contribution in [3.05, 3.63) is 186 Å². The van der Waals surface area contributed by atoms with Gasteiger partial charge in [0, 0.05) is 53.0 Å². The number of para-hydroxylation sites is 1. The molecular formula is C54H39NS. The monoisotopic (exact) mass is 733 g/mol. The summed E-state index contributed by atoms with van der Waals surface area (Å²) in [5.74, 6) is 0. The molecule has 2 heterocycles. The first-order valence-corrected chi connectivity index (χ1v) is 20.6. The van der Waals surface area contributed by atoms with Crippen LogP contribution in [0.5, 0.6) is 0 Å². The van der Waals surface area contributed by atoms with E-state index in [1.54, 1.807) is 0 Å². The molecule has 0 spiro atoms. The number of hydrogen-bond donors (Lipinski definition) is 0. The van der Waals surface area contributed by atoms with Crippen molar-refractivity contribution in [2.75, 3.05) is 0 Å². The third-order valence-corrected chi connectivity index (χ3v) is 14.4. The van der Waals surface area contributed by atoms with E-state index in [1.165, 1.54) is 114 Å². The number of aromatic nitrogens is 1. The molecule has 2 heteroatoms. The largest absolute Gasteiger partial charge is 0.309 e. The maximum Gasteiger partial charge on any atom is 0.0541 e. The van der Waals surface area contributed by atoms with E-state index in [0.29, 0.717) is 0 Å². The van der Waals surface area contributed by atoms with Crippen molar-refractivity contribution in [1.82, 2.24) is 4.57 Å². The summed E-state index contributed by atoms with van der Waals surface area (Å²) in [6, 6.07) is 61.8. The maximum absolute atomic E-state index is 2.47. The summed E-state index contributed by atoms with van der Waals surface area (Å²) >= 11 is 1.93. The van der Waals surface area contributed by atoms with Gasteiger partial charge in [-0.05, 0) is 116 Å². The average Bonchev–Trinajstić information content (AvgIpc) is 3.91. The van der Waals surface area contributed by atoms with Crippen LogP contribution in [0.1, 0.15) is 49.9 Å². The van der Waals surface area contributed by atoms with E-state index in [-0.39, 0.29) is 10.8 Å². The van der Waals surface area contributed by atoms with E-state index >= 15 is 0 Å². The number of thiophene rings is 1. The van der Waals surface area contributed by atoms with Crippen molar-refractivity contribution in [2.24, 2.45) is 0 Å². The van der Waals surface area contributed by atoms with Gasteiger partial charge in [0.2, 0.25) is 0 Å². The minimum atomic E-state index is -0.0980. The van der Waals surface area contributed by atoms with Crippen molar-refractivity contribution in [3.8, 4) is 50.2 Å². The van der Waals surface area contributed by atoms with Crippen LogP contribution >= 0.6 is 11.3 Å². The summed E-state index contributed by atoms with van der Waals surface area (Å²) in [4.78, 5) is 0. The van der Waals surface area contributed by atoms with Crippen LogP contribution in [-0.4, -0.2) is 4.57 Å². The Hall–Kier alpha value is -6.22. The first-order valence-electron chi connectivity index (χ1n) is 19.8. The summed E-state index contributed by atoms with van der Waals surface area (Å²) in [6.45, 7) is 9.53. The van der Waals surface area contributed by atoms with Gasteiger partial charge in [0.25, 0.3) is 0 Å². The van der Waals surface area contributed by atoms with Gasteiger partial charge >= 0.3 is 0 Å². The fourth-order valence-electron chi connectivity index (χ4n) is 10.3. The Bertz CT molecular complexity index is 3300. The van der Waals surface area contributed by atoms with E-state index in [0.717, 1.165) is 0 Å². The lowest BCUT2D eigenvalue weighted by Crippen LogP contribution is -2.14. The zero-order chi connectivity index (χ0) is 37.5. The molecule has 0 N–H and O–H groups in total. The Balaban J connectivity index is 1.03. The third-order valence-electron chi connectivity index (χ3n) is 13.2. The predicted octanol–water partition coefficient (Wildman–Crippen LogP) is 15.1.